The lowest BCUT2D eigenvalue weighted by molar-refractivity contribution is 0.104. The highest BCUT2D eigenvalue weighted by Crippen LogP contribution is 2.39. The zero-order valence-corrected chi connectivity index (χ0v) is 17.2. The van der Waals surface area contributed by atoms with Crippen molar-refractivity contribution >= 4 is 33.0 Å². The van der Waals surface area contributed by atoms with Crippen LogP contribution in [0.1, 0.15) is 46.3 Å². The van der Waals surface area contributed by atoms with Crippen LogP contribution in [0.2, 0.25) is 0 Å². The van der Waals surface area contributed by atoms with Gasteiger partial charge < -0.3 is 15.2 Å². The minimum absolute atomic E-state index is 0.166. The summed E-state index contributed by atoms with van der Waals surface area (Å²) in [7, 11) is 3.12. The van der Waals surface area contributed by atoms with Crippen molar-refractivity contribution in [2.24, 2.45) is 5.92 Å². The summed E-state index contributed by atoms with van der Waals surface area (Å²) in [4.78, 5) is 19.5. The summed E-state index contributed by atoms with van der Waals surface area (Å²) in [5.74, 6) is 1.64. The fourth-order valence-corrected chi connectivity index (χ4v) is 4.95. The molecule has 3 aromatic rings. The molecule has 28 heavy (non-hydrogen) atoms. The second kappa shape index (κ2) is 7.43. The van der Waals surface area contributed by atoms with Gasteiger partial charge in [-0.05, 0) is 55.0 Å². The third-order valence-corrected chi connectivity index (χ3v) is 6.74. The van der Waals surface area contributed by atoms with Gasteiger partial charge in [-0.25, -0.2) is 4.98 Å². The zero-order valence-electron chi connectivity index (χ0n) is 16.4. The first kappa shape index (κ1) is 18.7. The van der Waals surface area contributed by atoms with Gasteiger partial charge in [0.15, 0.2) is 0 Å². The summed E-state index contributed by atoms with van der Waals surface area (Å²) >= 11 is 1.36. The van der Waals surface area contributed by atoms with Crippen LogP contribution in [0.4, 0.5) is 5.69 Å². The van der Waals surface area contributed by atoms with E-state index in [1.54, 1.807) is 32.4 Å². The molecular weight excluding hydrogens is 372 g/mol. The molecule has 0 fully saturated rings. The topological polar surface area (TPSA) is 74.4 Å². The number of rotatable bonds is 5. The number of carbonyl (C=O) groups excluding carboxylic acids is 1. The fourth-order valence-electron chi connectivity index (χ4n) is 3.90. The second-order valence-electron chi connectivity index (χ2n) is 7.20. The SMILES string of the molecule is CC[C@H]1CCc2nc3sc(C(=O)c4cc(OC)ccc4OC)c(N)c3cc2C1. The van der Waals surface area contributed by atoms with Gasteiger partial charge in [0.2, 0.25) is 5.78 Å². The van der Waals surface area contributed by atoms with Crippen molar-refractivity contribution in [3.05, 3.63) is 46.0 Å². The summed E-state index contributed by atoms with van der Waals surface area (Å²) in [5.41, 5.74) is 9.78. The lowest BCUT2D eigenvalue weighted by Gasteiger charge is -2.22. The molecule has 0 spiro atoms. The average Bonchev–Trinajstić information content (AvgIpc) is 3.06. The molecule has 0 unspecified atom stereocenters. The molecule has 0 saturated carbocycles. The Kier molecular flexibility index (Phi) is 4.98. The monoisotopic (exact) mass is 396 g/mol. The molecule has 1 aliphatic rings. The zero-order chi connectivity index (χ0) is 19.8. The fraction of sp³-hybridized carbons (Fsp3) is 0.364. The van der Waals surface area contributed by atoms with Crippen LogP contribution >= 0.6 is 11.3 Å². The van der Waals surface area contributed by atoms with Crippen LogP contribution in [-0.4, -0.2) is 25.0 Å². The van der Waals surface area contributed by atoms with Crippen molar-refractivity contribution < 1.29 is 14.3 Å². The van der Waals surface area contributed by atoms with E-state index in [-0.39, 0.29) is 5.78 Å². The number of carbonyl (C=O) groups is 1. The number of benzene rings is 1. The number of pyridine rings is 1. The van der Waals surface area contributed by atoms with Gasteiger partial charge in [-0.3, -0.25) is 4.79 Å². The van der Waals surface area contributed by atoms with Gasteiger partial charge in [0.25, 0.3) is 0 Å². The van der Waals surface area contributed by atoms with E-state index in [0.717, 1.165) is 28.8 Å². The van der Waals surface area contributed by atoms with Crippen LogP contribution in [0.5, 0.6) is 11.5 Å². The first-order valence-electron chi connectivity index (χ1n) is 9.53. The number of ether oxygens (including phenoxy) is 2. The van der Waals surface area contributed by atoms with Gasteiger partial charge in [0.05, 0.1) is 25.5 Å². The first-order valence-corrected chi connectivity index (χ1v) is 10.3. The Bertz CT molecular complexity index is 1060. The maximum Gasteiger partial charge on any atom is 0.209 e. The number of anilines is 1. The van der Waals surface area contributed by atoms with Crippen molar-refractivity contribution in [2.75, 3.05) is 20.0 Å². The van der Waals surface area contributed by atoms with Gasteiger partial charge in [-0.1, -0.05) is 13.3 Å². The molecule has 0 bridgehead atoms. The highest BCUT2D eigenvalue weighted by atomic mass is 32.1. The molecule has 0 radical (unpaired) electrons. The molecule has 4 rings (SSSR count). The third kappa shape index (κ3) is 3.11. The number of hydrogen-bond donors (Lipinski definition) is 1. The summed E-state index contributed by atoms with van der Waals surface area (Å²) < 4.78 is 10.6. The van der Waals surface area contributed by atoms with E-state index in [4.69, 9.17) is 20.2 Å². The third-order valence-electron chi connectivity index (χ3n) is 5.62. The number of methoxy groups -OCH3 is 2. The molecule has 5 nitrogen and oxygen atoms in total. The van der Waals surface area contributed by atoms with Crippen molar-refractivity contribution in [1.29, 1.82) is 0 Å². The largest absolute Gasteiger partial charge is 0.497 e. The number of hydrogen-bond acceptors (Lipinski definition) is 6. The van der Waals surface area contributed by atoms with Crippen molar-refractivity contribution in [3.8, 4) is 11.5 Å². The van der Waals surface area contributed by atoms with Crippen LogP contribution in [0.25, 0.3) is 10.2 Å². The standard InChI is InChI=1S/C22H24N2O3S/c1-4-12-5-7-17-13(9-12)10-16-19(23)21(28-22(16)24-17)20(25)15-11-14(26-2)6-8-18(15)27-3/h6,8,10-12H,4-5,7,9,23H2,1-3H3/t12-/m0/s1. The van der Waals surface area contributed by atoms with E-state index in [9.17, 15) is 4.79 Å². The maximum absolute atomic E-state index is 13.3. The molecule has 6 heteroatoms. The molecule has 146 valence electrons. The summed E-state index contributed by atoms with van der Waals surface area (Å²) in [6.07, 6.45) is 4.39. The van der Waals surface area contributed by atoms with Crippen LogP contribution in [0.3, 0.4) is 0 Å². The Morgan fingerprint density at radius 3 is 2.82 bits per heavy atom. The lowest BCUT2D eigenvalue weighted by Crippen LogP contribution is -2.14. The second-order valence-corrected chi connectivity index (χ2v) is 8.20. The van der Waals surface area contributed by atoms with Crippen LogP contribution in [-0.2, 0) is 12.8 Å². The molecule has 0 saturated heterocycles. The molecule has 2 heterocycles. The van der Waals surface area contributed by atoms with Gasteiger partial charge in [-0.2, -0.15) is 0 Å². The number of nitrogens with zero attached hydrogens (tertiary/aromatic N) is 1. The van der Waals surface area contributed by atoms with E-state index in [0.29, 0.717) is 33.5 Å². The van der Waals surface area contributed by atoms with Gasteiger partial charge >= 0.3 is 0 Å². The Balaban J connectivity index is 1.80. The first-order chi connectivity index (χ1) is 13.5. The summed E-state index contributed by atoms with van der Waals surface area (Å²) in [6.45, 7) is 2.23. The van der Waals surface area contributed by atoms with E-state index in [2.05, 4.69) is 13.0 Å². The predicted molar refractivity (Wildman–Crippen MR) is 113 cm³/mol. The smallest absolute Gasteiger partial charge is 0.209 e. The van der Waals surface area contributed by atoms with Crippen LogP contribution in [0, 0.1) is 5.92 Å². The number of thiophene rings is 1. The van der Waals surface area contributed by atoms with Crippen molar-refractivity contribution in [1.82, 2.24) is 4.98 Å². The van der Waals surface area contributed by atoms with E-state index < -0.39 is 0 Å². The Morgan fingerprint density at radius 2 is 2.11 bits per heavy atom. The van der Waals surface area contributed by atoms with E-state index in [1.165, 1.54) is 29.7 Å². The lowest BCUT2D eigenvalue weighted by atomic mass is 9.85. The van der Waals surface area contributed by atoms with Crippen molar-refractivity contribution in [2.45, 2.75) is 32.6 Å². The van der Waals surface area contributed by atoms with Gasteiger partial charge in [-0.15, -0.1) is 11.3 Å². The van der Waals surface area contributed by atoms with Gasteiger partial charge in [0.1, 0.15) is 21.2 Å². The number of aryl methyl sites for hydroxylation is 1. The van der Waals surface area contributed by atoms with Gasteiger partial charge in [0, 0.05) is 11.1 Å². The van der Waals surface area contributed by atoms with Crippen LogP contribution in [0.15, 0.2) is 24.3 Å². The summed E-state index contributed by atoms with van der Waals surface area (Å²) in [5, 5.41) is 0.880. The Hall–Kier alpha value is -2.60. The number of fused-ring (bicyclic) bond motifs is 2. The van der Waals surface area contributed by atoms with Crippen molar-refractivity contribution in [3.63, 3.8) is 0 Å². The molecule has 0 aliphatic heterocycles. The molecule has 1 aliphatic carbocycles. The molecule has 0 amide bonds. The minimum atomic E-state index is -0.166. The molecule has 1 atom stereocenters. The molecular formula is C22H24N2O3S. The molecule has 2 N–H and O–H groups in total. The predicted octanol–water partition coefficient (Wildman–Crippen LogP) is 4.64. The highest BCUT2D eigenvalue weighted by molar-refractivity contribution is 7.21. The molecule has 2 aromatic heterocycles. The Labute approximate surface area is 168 Å². The normalized spacial score (nSPS) is 16.0. The highest BCUT2D eigenvalue weighted by Gasteiger charge is 2.25. The summed E-state index contributed by atoms with van der Waals surface area (Å²) in [6, 6.07) is 7.33. The molecule has 1 aromatic carbocycles. The van der Waals surface area contributed by atoms with Crippen LogP contribution < -0.4 is 15.2 Å². The quantitative estimate of drug-likeness (QED) is 0.636. The number of ketones is 1. The van der Waals surface area contributed by atoms with E-state index in [1.807, 2.05) is 0 Å². The number of aromatic nitrogens is 1. The van der Waals surface area contributed by atoms with E-state index >= 15 is 0 Å². The maximum atomic E-state index is 13.3. The average molecular weight is 397 g/mol. The minimum Gasteiger partial charge on any atom is -0.497 e. The number of nitrogen functional groups attached to an aromatic ring is 1. The number of nitrogens with two attached hydrogens (primary N) is 1. The Morgan fingerprint density at radius 1 is 1.29 bits per heavy atom.